The Morgan fingerprint density at radius 1 is 1.26 bits per heavy atom. The van der Waals surface area contributed by atoms with E-state index in [1.54, 1.807) is 4.90 Å². The fourth-order valence-electron chi connectivity index (χ4n) is 3.54. The van der Waals surface area contributed by atoms with Crippen molar-refractivity contribution in [2.75, 3.05) is 13.1 Å². The molecular weight excluding hydrogens is 364 g/mol. The van der Waals surface area contributed by atoms with Crippen molar-refractivity contribution < 1.29 is 14.3 Å². The minimum atomic E-state index is -0.485. The number of piperidine rings is 1. The molecule has 0 spiro atoms. The maximum Gasteiger partial charge on any atom is 0.410 e. The first-order valence-electron chi connectivity index (χ1n) is 9.70. The molecule has 1 saturated carbocycles. The molecule has 1 aromatic carbocycles. The number of carbonyl (C=O) groups is 2. The lowest BCUT2D eigenvalue weighted by molar-refractivity contribution is -0.127. The molecule has 1 saturated heterocycles. The van der Waals surface area contributed by atoms with E-state index in [0.717, 1.165) is 37.7 Å². The lowest BCUT2D eigenvalue weighted by Gasteiger charge is -2.34. The molecule has 148 valence electrons. The van der Waals surface area contributed by atoms with Crippen LogP contribution in [0.2, 0.25) is 5.02 Å². The Hall–Kier alpha value is -1.75. The van der Waals surface area contributed by atoms with Gasteiger partial charge in [0.05, 0.1) is 5.41 Å². The van der Waals surface area contributed by atoms with Crippen molar-refractivity contribution >= 4 is 23.6 Å². The van der Waals surface area contributed by atoms with E-state index in [1.165, 1.54) is 0 Å². The second-order valence-corrected chi connectivity index (χ2v) is 9.24. The van der Waals surface area contributed by atoms with E-state index < -0.39 is 5.60 Å². The number of nitrogens with zero attached hydrogens (tertiary/aromatic N) is 1. The van der Waals surface area contributed by atoms with Crippen LogP contribution in [0.15, 0.2) is 24.3 Å². The van der Waals surface area contributed by atoms with Gasteiger partial charge in [0, 0.05) is 24.2 Å². The number of halogens is 1. The van der Waals surface area contributed by atoms with Crippen LogP contribution in [0.1, 0.15) is 52.0 Å². The number of likely N-dealkylation sites (tertiary alicyclic amines) is 1. The van der Waals surface area contributed by atoms with Gasteiger partial charge < -0.3 is 15.0 Å². The van der Waals surface area contributed by atoms with Gasteiger partial charge in [-0.15, -0.1) is 0 Å². The molecule has 0 radical (unpaired) electrons. The summed E-state index contributed by atoms with van der Waals surface area (Å²) in [5.41, 5.74) is 0.336. The maximum atomic E-state index is 12.8. The molecule has 0 unspecified atom stereocenters. The van der Waals surface area contributed by atoms with Crippen LogP contribution < -0.4 is 5.32 Å². The van der Waals surface area contributed by atoms with Crippen LogP contribution >= 0.6 is 11.6 Å². The number of rotatable bonds is 4. The predicted octanol–water partition coefficient (Wildman–Crippen LogP) is 4.18. The first kappa shape index (κ1) is 20.0. The molecule has 0 bridgehead atoms. The summed E-state index contributed by atoms with van der Waals surface area (Å²) >= 11 is 6.07. The van der Waals surface area contributed by atoms with Gasteiger partial charge in [-0.25, -0.2) is 4.79 Å². The van der Waals surface area contributed by atoms with Crippen molar-refractivity contribution in [2.45, 2.75) is 64.5 Å². The van der Waals surface area contributed by atoms with E-state index >= 15 is 0 Å². The first-order chi connectivity index (χ1) is 12.7. The zero-order chi connectivity index (χ0) is 19.7. The lowest BCUT2D eigenvalue weighted by Crippen LogP contribution is -2.49. The van der Waals surface area contributed by atoms with Crippen LogP contribution in [0.3, 0.4) is 0 Å². The molecule has 1 aromatic rings. The average molecular weight is 393 g/mol. The van der Waals surface area contributed by atoms with E-state index in [-0.39, 0.29) is 23.5 Å². The topological polar surface area (TPSA) is 58.6 Å². The highest BCUT2D eigenvalue weighted by Crippen LogP contribution is 2.49. The molecule has 2 fully saturated rings. The van der Waals surface area contributed by atoms with Crippen LogP contribution in [0, 0.1) is 5.41 Å². The lowest BCUT2D eigenvalue weighted by atomic mass is 9.94. The van der Waals surface area contributed by atoms with Crippen LogP contribution in [-0.2, 0) is 16.0 Å². The second-order valence-electron chi connectivity index (χ2n) is 8.80. The third kappa shape index (κ3) is 5.38. The summed E-state index contributed by atoms with van der Waals surface area (Å²) < 4.78 is 5.42. The Balaban J connectivity index is 1.49. The molecule has 6 heteroatoms. The van der Waals surface area contributed by atoms with Crippen LogP contribution in [0.5, 0.6) is 0 Å². The van der Waals surface area contributed by atoms with Gasteiger partial charge in [0.2, 0.25) is 5.91 Å². The molecule has 3 rings (SSSR count). The summed E-state index contributed by atoms with van der Waals surface area (Å²) in [7, 11) is 0. The molecule has 27 heavy (non-hydrogen) atoms. The molecule has 5 nitrogen and oxygen atoms in total. The van der Waals surface area contributed by atoms with Gasteiger partial charge in [-0.3, -0.25) is 4.79 Å². The SMILES string of the molecule is CC(C)(C)OC(=O)N1CCC(NC(=O)C2(Cc3cccc(Cl)c3)CC2)CC1. The van der Waals surface area contributed by atoms with Crippen molar-refractivity contribution in [1.29, 1.82) is 0 Å². The highest BCUT2D eigenvalue weighted by molar-refractivity contribution is 6.30. The van der Waals surface area contributed by atoms with Crippen molar-refractivity contribution in [3.05, 3.63) is 34.9 Å². The third-order valence-corrected chi connectivity index (χ3v) is 5.48. The van der Waals surface area contributed by atoms with E-state index in [9.17, 15) is 9.59 Å². The van der Waals surface area contributed by atoms with Gasteiger partial charge in [-0.1, -0.05) is 23.7 Å². The second kappa shape index (κ2) is 7.70. The predicted molar refractivity (Wildman–Crippen MR) is 106 cm³/mol. The number of amides is 2. The Morgan fingerprint density at radius 3 is 2.48 bits per heavy atom. The number of nitrogens with one attached hydrogen (secondary N) is 1. The Bertz CT molecular complexity index is 702. The van der Waals surface area contributed by atoms with Gasteiger partial charge in [0.1, 0.15) is 5.60 Å². The van der Waals surface area contributed by atoms with Gasteiger partial charge in [-0.2, -0.15) is 0 Å². The summed E-state index contributed by atoms with van der Waals surface area (Å²) in [5.74, 6) is 0.137. The molecule has 1 heterocycles. The van der Waals surface area contributed by atoms with E-state index in [1.807, 2.05) is 45.0 Å². The number of benzene rings is 1. The largest absolute Gasteiger partial charge is 0.444 e. The fraction of sp³-hybridized carbons (Fsp3) is 0.619. The summed E-state index contributed by atoms with van der Waals surface area (Å²) in [6.07, 6.45) is 3.82. The molecule has 1 N–H and O–H groups in total. The molecule has 2 aliphatic rings. The van der Waals surface area contributed by atoms with E-state index in [2.05, 4.69) is 5.32 Å². The minimum absolute atomic E-state index is 0.119. The van der Waals surface area contributed by atoms with Gasteiger partial charge in [0.25, 0.3) is 0 Å². The highest BCUT2D eigenvalue weighted by Gasteiger charge is 2.50. The van der Waals surface area contributed by atoms with Crippen LogP contribution in [0.25, 0.3) is 0 Å². The van der Waals surface area contributed by atoms with Crippen molar-refractivity contribution in [1.82, 2.24) is 10.2 Å². The Kier molecular flexibility index (Phi) is 5.71. The van der Waals surface area contributed by atoms with Gasteiger partial charge in [0.15, 0.2) is 0 Å². The summed E-state index contributed by atoms with van der Waals surface area (Å²) in [4.78, 5) is 26.7. The summed E-state index contributed by atoms with van der Waals surface area (Å²) in [5, 5.41) is 3.92. The molecule has 1 aliphatic heterocycles. The van der Waals surface area contributed by atoms with Gasteiger partial charge >= 0.3 is 6.09 Å². The fourth-order valence-corrected chi connectivity index (χ4v) is 3.76. The number of hydrogen-bond acceptors (Lipinski definition) is 3. The first-order valence-corrected chi connectivity index (χ1v) is 10.1. The normalized spacial score (nSPS) is 19.5. The summed E-state index contributed by atoms with van der Waals surface area (Å²) in [6, 6.07) is 7.86. The van der Waals surface area contributed by atoms with Crippen LogP contribution in [-0.4, -0.2) is 41.6 Å². The van der Waals surface area contributed by atoms with Crippen molar-refractivity contribution in [3.63, 3.8) is 0 Å². The van der Waals surface area contributed by atoms with Crippen LogP contribution in [0.4, 0.5) is 4.79 Å². The standard InChI is InChI=1S/C21H29ClN2O3/c1-20(2,3)27-19(26)24-11-7-17(8-12-24)23-18(25)21(9-10-21)14-15-5-4-6-16(22)13-15/h4-6,13,17H,7-12,14H2,1-3H3,(H,23,25). The van der Waals surface area contributed by atoms with E-state index in [0.29, 0.717) is 18.1 Å². The quantitative estimate of drug-likeness (QED) is 0.836. The Morgan fingerprint density at radius 2 is 1.93 bits per heavy atom. The molecule has 0 aromatic heterocycles. The smallest absolute Gasteiger partial charge is 0.410 e. The van der Waals surface area contributed by atoms with Crippen molar-refractivity contribution in [2.24, 2.45) is 5.41 Å². The number of hydrogen-bond donors (Lipinski definition) is 1. The molecule has 1 aliphatic carbocycles. The zero-order valence-electron chi connectivity index (χ0n) is 16.4. The molecule has 0 atom stereocenters. The average Bonchev–Trinajstić information content (AvgIpc) is 3.35. The highest BCUT2D eigenvalue weighted by atomic mass is 35.5. The number of ether oxygens (including phenoxy) is 1. The maximum absolute atomic E-state index is 12.8. The van der Waals surface area contributed by atoms with Gasteiger partial charge in [-0.05, 0) is 70.6 Å². The minimum Gasteiger partial charge on any atom is -0.444 e. The zero-order valence-corrected chi connectivity index (χ0v) is 17.1. The molecular formula is C21H29ClN2O3. The Labute approximate surface area is 166 Å². The number of carbonyl (C=O) groups excluding carboxylic acids is 2. The third-order valence-electron chi connectivity index (χ3n) is 5.25. The van der Waals surface area contributed by atoms with E-state index in [4.69, 9.17) is 16.3 Å². The summed E-state index contributed by atoms with van der Waals surface area (Å²) in [6.45, 7) is 6.83. The molecule has 2 amide bonds. The van der Waals surface area contributed by atoms with Crippen molar-refractivity contribution in [3.8, 4) is 0 Å². The monoisotopic (exact) mass is 392 g/mol.